The first-order valence-electron chi connectivity index (χ1n) is 9.67. The van der Waals surface area contributed by atoms with Gasteiger partial charge in [-0.2, -0.15) is 0 Å². The molecular formula is C21H21FN4O3. The van der Waals surface area contributed by atoms with Crippen molar-refractivity contribution < 1.29 is 13.7 Å². The summed E-state index contributed by atoms with van der Waals surface area (Å²) >= 11 is 0. The van der Waals surface area contributed by atoms with E-state index in [2.05, 4.69) is 21.5 Å². The monoisotopic (exact) mass is 396 g/mol. The Kier molecular flexibility index (Phi) is 5.50. The van der Waals surface area contributed by atoms with Crippen LogP contribution in [0.1, 0.15) is 32.1 Å². The summed E-state index contributed by atoms with van der Waals surface area (Å²) in [7, 11) is 0. The number of hydrogen-bond donors (Lipinski definition) is 1. The highest BCUT2D eigenvalue weighted by atomic mass is 19.1. The molecule has 2 heterocycles. The molecule has 1 aliphatic carbocycles. The number of rotatable bonds is 6. The van der Waals surface area contributed by atoms with Gasteiger partial charge < -0.3 is 9.84 Å². The second kappa shape index (κ2) is 8.38. The van der Waals surface area contributed by atoms with Gasteiger partial charge in [0.2, 0.25) is 5.91 Å². The van der Waals surface area contributed by atoms with Gasteiger partial charge in [-0.1, -0.05) is 16.8 Å². The number of allylic oxidation sites excluding steroid dienone is 1. The number of amides is 1. The van der Waals surface area contributed by atoms with Gasteiger partial charge in [-0.25, -0.2) is 9.37 Å². The van der Waals surface area contributed by atoms with E-state index in [0.717, 1.165) is 19.3 Å². The molecule has 29 heavy (non-hydrogen) atoms. The summed E-state index contributed by atoms with van der Waals surface area (Å²) < 4.78 is 19.5. The average molecular weight is 396 g/mol. The van der Waals surface area contributed by atoms with Gasteiger partial charge in [0.1, 0.15) is 29.8 Å². The third kappa shape index (κ3) is 4.26. The molecule has 0 saturated heterocycles. The molecule has 1 amide bonds. The normalized spacial score (nSPS) is 14.0. The van der Waals surface area contributed by atoms with E-state index in [-0.39, 0.29) is 29.2 Å². The van der Waals surface area contributed by atoms with E-state index in [4.69, 9.17) is 4.52 Å². The number of aromatic nitrogens is 3. The molecule has 150 valence electrons. The topological polar surface area (TPSA) is 90.0 Å². The molecule has 1 aliphatic rings. The van der Waals surface area contributed by atoms with Crippen LogP contribution in [0.5, 0.6) is 0 Å². The molecule has 0 spiro atoms. The lowest BCUT2D eigenvalue weighted by Crippen LogP contribution is -2.33. The number of carbonyl (C=O) groups excluding carboxylic acids is 1. The smallest absolute Gasteiger partial charge is 0.267 e. The van der Waals surface area contributed by atoms with Crippen LogP contribution in [-0.2, 0) is 11.3 Å². The van der Waals surface area contributed by atoms with Gasteiger partial charge in [-0.15, -0.1) is 0 Å². The largest absolute Gasteiger partial charge is 0.354 e. The number of benzene rings is 1. The number of nitrogens with one attached hydrogen (secondary N) is 1. The Morgan fingerprint density at radius 2 is 2.07 bits per heavy atom. The molecule has 0 radical (unpaired) electrons. The second-order valence-electron chi connectivity index (χ2n) is 7.10. The highest BCUT2D eigenvalue weighted by Crippen LogP contribution is 2.24. The van der Waals surface area contributed by atoms with Crippen LogP contribution in [0.4, 0.5) is 4.39 Å². The van der Waals surface area contributed by atoms with E-state index in [1.807, 2.05) is 0 Å². The van der Waals surface area contributed by atoms with Gasteiger partial charge in [0, 0.05) is 12.1 Å². The second-order valence-corrected chi connectivity index (χ2v) is 7.10. The van der Waals surface area contributed by atoms with E-state index < -0.39 is 11.4 Å². The van der Waals surface area contributed by atoms with Crippen molar-refractivity contribution in [2.45, 2.75) is 38.6 Å². The number of carbonyl (C=O) groups is 1. The van der Waals surface area contributed by atoms with Crippen LogP contribution in [0.3, 0.4) is 0 Å². The number of fused-ring (bicyclic) bond motifs is 1. The fourth-order valence-corrected chi connectivity index (χ4v) is 3.50. The van der Waals surface area contributed by atoms with Crippen molar-refractivity contribution in [3.63, 3.8) is 0 Å². The summed E-state index contributed by atoms with van der Waals surface area (Å²) in [5, 5.41) is 6.92. The Morgan fingerprint density at radius 1 is 1.24 bits per heavy atom. The standard InChI is InChI=1S/C21H21FN4O3/c22-16-8-6-15(7-9-16)19-18-20(29-25-19)24-13-26(21(18)28)12-17(27)23-11-10-14-4-2-1-3-5-14/h4,6-9,13H,1-3,5,10-12H2,(H,23,27). The molecule has 1 aromatic carbocycles. The van der Waals surface area contributed by atoms with Gasteiger partial charge in [-0.05, 0) is 56.4 Å². The van der Waals surface area contributed by atoms with Gasteiger partial charge in [-0.3, -0.25) is 14.2 Å². The molecular weight excluding hydrogens is 375 g/mol. The summed E-state index contributed by atoms with van der Waals surface area (Å²) in [5.74, 6) is -0.651. The highest BCUT2D eigenvalue weighted by Gasteiger charge is 2.18. The Hall–Kier alpha value is -3.29. The summed E-state index contributed by atoms with van der Waals surface area (Å²) in [6.07, 6.45) is 8.99. The van der Waals surface area contributed by atoms with Gasteiger partial charge >= 0.3 is 0 Å². The van der Waals surface area contributed by atoms with Crippen LogP contribution in [0.2, 0.25) is 0 Å². The zero-order valence-electron chi connectivity index (χ0n) is 15.9. The lowest BCUT2D eigenvalue weighted by Gasteiger charge is -2.13. The van der Waals surface area contributed by atoms with E-state index >= 15 is 0 Å². The lowest BCUT2D eigenvalue weighted by molar-refractivity contribution is -0.121. The van der Waals surface area contributed by atoms with Crippen molar-refractivity contribution in [3.05, 3.63) is 58.4 Å². The van der Waals surface area contributed by atoms with Gasteiger partial charge in [0.05, 0.1) is 0 Å². The minimum Gasteiger partial charge on any atom is -0.354 e. The van der Waals surface area contributed by atoms with Crippen molar-refractivity contribution in [2.75, 3.05) is 6.54 Å². The highest BCUT2D eigenvalue weighted by molar-refractivity contribution is 5.88. The minimum absolute atomic E-state index is 0.0789. The fraction of sp³-hybridized carbons (Fsp3) is 0.333. The minimum atomic E-state index is -0.430. The molecule has 0 bridgehead atoms. The molecule has 0 unspecified atom stereocenters. The molecule has 0 fully saturated rings. The molecule has 0 aliphatic heterocycles. The van der Waals surface area contributed by atoms with E-state index in [0.29, 0.717) is 12.1 Å². The molecule has 4 rings (SSSR count). The van der Waals surface area contributed by atoms with Crippen LogP contribution in [-0.4, -0.2) is 27.2 Å². The van der Waals surface area contributed by atoms with Crippen molar-refractivity contribution in [2.24, 2.45) is 0 Å². The average Bonchev–Trinajstić information content (AvgIpc) is 3.16. The Bertz CT molecular complexity index is 1120. The Morgan fingerprint density at radius 3 is 2.83 bits per heavy atom. The van der Waals surface area contributed by atoms with Crippen molar-refractivity contribution >= 4 is 17.0 Å². The Balaban J connectivity index is 1.49. The maximum absolute atomic E-state index is 13.2. The number of halogens is 1. The summed E-state index contributed by atoms with van der Waals surface area (Å²) in [6.45, 7) is 0.401. The first-order chi connectivity index (χ1) is 14.1. The van der Waals surface area contributed by atoms with Crippen LogP contribution < -0.4 is 10.9 Å². The van der Waals surface area contributed by atoms with Gasteiger partial charge in [0.15, 0.2) is 0 Å². The maximum atomic E-state index is 13.2. The maximum Gasteiger partial charge on any atom is 0.267 e. The number of nitrogens with zero attached hydrogens (tertiary/aromatic N) is 3. The lowest BCUT2D eigenvalue weighted by atomic mass is 9.97. The van der Waals surface area contributed by atoms with E-state index in [1.165, 1.54) is 53.6 Å². The van der Waals surface area contributed by atoms with Crippen LogP contribution in [0.25, 0.3) is 22.4 Å². The van der Waals surface area contributed by atoms with Crippen LogP contribution in [0.15, 0.2) is 51.6 Å². The number of hydrogen-bond acceptors (Lipinski definition) is 5. The Labute approximate surface area is 166 Å². The van der Waals surface area contributed by atoms with Crippen molar-refractivity contribution in [1.82, 2.24) is 20.0 Å². The zero-order chi connectivity index (χ0) is 20.2. The van der Waals surface area contributed by atoms with Crippen LogP contribution >= 0.6 is 0 Å². The summed E-state index contributed by atoms with van der Waals surface area (Å²) in [6, 6.07) is 5.58. The third-order valence-electron chi connectivity index (χ3n) is 5.05. The third-order valence-corrected chi connectivity index (χ3v) is 5.05. The molecule has 0 saturated carbocycles. The fourth-order valence-electron chi connectivity index (χ4n) is 3.50. The molecule has 3 aromatic rings. The van der Waals surface area contributed by atoms with Gasteiger partial charge in [0.25, 0.3) is 11.3 Å². The summed E-state index contributed by atoms with van der Waals surface area (Å²) in [4.78, 5) is 29.2. The molecule has 2 aromatic heterocycles. The first-order valence-corrected chi connectivity index (χ1v) is 9.67. The quantitative estimate of drug-likeness (QED) is 0.646. The molecule has 8 heteroatoms. The van der Waals surface area contributed by atoms with E-state index in [1.54, 1.807) is 0 Å². The predicted molar refractivity (Wildman–Crippen MR) is 106 cm³/mol. The van der Waals surface area contributed by atoms with Crippen molar-refractivity contribution in [1.29, 1.82) is 0 Å². The predicted octanol–water partition coefficient (Wildman–Crippen LogP) is 3.20. The van der Waals surface area contributed by atoms with Crippen molar-refractivity contribution in [3.8, 4) is 11.3 Å². The van der Waals surface area contributed by atoms with E-state index in [9.17, 15) is 14.0 Å². The molecule has 7 nitrogen and oxygen atoms in total. The summed E-state index contributed by atoms with van der Waals surface area (Å²) in [5.41, 5.74) is 1.84. The SMILES string of the molecule is O=C(Cn1cnc2onc(-c3ccc(F)cc3)c2c1=O)NCCC1=CCCCC1. The zero-order valence-corrected chi connectivity index (χ0v) is 15.9. The molecule has 1 N–H and O–H groups in total. The molecule has 0 atom stereocenters. The first kappa shape index (κ1) is 19.0. The van der Waals surface area contributed by atoms with Crippen LogP contribution in [0, 0.1) is 5.82 Å².